The number of sulfonamides is 1. The third-order valence-corrected chi connectivity index (χ3v) is 7.95. The summed E-state index contributed by atoms with van der Waals surface area (Å²) in [5.41, 5.74) is 2.19. The maximum Gasteiger partial charge on any atom is 0.270 e. The molecule has 0 N–H and O–H groups in total. The van der Waals surface area contributed by atoms with Gasteiger partial charge in [-0.3, -0.25) is 9.10 Å². The molecule has 31 heavy (non-hydrogen) atoms. The van der Waals surface area contributed by atoms with Crippen LogP contribution in [-0.4, -0.2) is 38.9 Å². The number of nitrogens with zero attached hydrogens (tertiary/aromatic N) is 2. The third-order valence-electron chi connectivity index (χ3n) is 5.89. The molecule has 162 valence electrons. The molecule has 2 aromatic carbocycles. The molecular formula is C24H25ClN2O3S. The van der Waals surface area contributed by atoms with Gasteiger partial charge in [0.05, 0.1) is 12.2 Å². The number of hydrogen-bond donors (Lipinski definition) is 0. The number of likely N-dealkylation sites (tertiary alicyclic amines) is 1. The molecule has 0 unspecified atom stereocenters. The van der Waals surface area contributed by atoms with E-state index in [4.69, 9.17) is 11.6 Å². The minimum atomic E-state index is -4.10. The number of anilines is 1. The normalized spacial score (nSPS) is 18.6. The highest BCUT2D eigenvalue weighted by molar-refractivity contribution is 7.97. The summed E-state index contributed by atoms with van der Waals surface area (Å²) < 4.78 is 28.9. The summed E-state index contributed by atoms with van der Waals surface area (Å²) in [7, 11) is -4.10. The Morgan fingerprint density at radius 3 is 2.48 bits per heavy atom. The topological polar surface area (TPSA) is 57.7 Å². The van der Waals surface area contributed by atoms with Crippen molar-refractivity contribution in [3.8, 4) is 0 Å². The maximum atomic E-state index is 13.8. The molecular weight excluding hydrogens is 432 g/mol. The van der Waals surface area contributed by atoms with Gasteiger partial charge >= 0.3 is 0 Å². The van der Waals surface area contributed by atoms with Crippen LogP contribution in [0.5, 0.6) is 0 Å². The van der Waals surface area contributed by atoms with Crippen LogP contribution in [0.3, 0.4) is 0 Å². The molecule has 0 bridgehead atoms. The number of halogens is 1. The first kappa shape index (κ1) is 21.7. The fourth-order valence-corrected chi connectivity index (χ4v) is 6.14. The standard InChI is InChI=1S/C24H25ClN2O3S/c1-3-13-27-21-10-9-19(25)16-20(21)22(18-7-5-4-6-8-18)23(31(27,29)30)24(28)26-14-11-17(2)12-15-26/h3-10,16-17H,1,11-15H2,2H3. The molecule has 0 atom stereocenters. The van der Waals surface area contributed by atoms with E-state index in [0.717, 1.165) is 12.8 Å². The fraction of sp³-hybridized carbons (Fsp3) is 0.292. The van der Waals surface area contributed by atoms with Crippen LogP contribution in [0.15, 0.2) is 66.1 Å². The second kappa shape index (κ2) is 8.52. The molecule has 5 nitrogen and oxygen atoms in total. The Morgan fingerprint density at radius 2 is 1.84 bits per heavy atom. The van der Waals surface area contributed by atoms with Crippen molar-refractivity contribution in [2.24, 2.45) is 5.92 Å². The van der Waals surface area contributed by atoms with E-state index in [1.54, 1.807) is 23.1 Å². The van der Waals surface area contributed by atoms with Crippen molar-refractivity contribution in [3.63, 3.8) is 0 Å². The summed E-state index contributed by atoms with van der Waals surface area (Å²) in [5, 5.41) is 0.476. The van der Waals surface area contributed by atoms with Crippen LogP contribution in [0.4, 0.5) is 5.69 Å². The fourth-order valence-electron chi connectivity index (χ4n) is 4.19. The lowest BCUT2D eigenvalue weighted by Gasteiger charge is -2.36. The molecule has 2 heterocycles. The van der Waals surface area contributed by atoms with Crippen LogP contribution in [0.2, 0.25) is 5.02 Å². The van der Waals surface area contributed by atoms with E-state index in [2.05, 4.69) is 13.5 Å². The molecule has 4 rings (SSSR count). The highest BCUT2D eigenvalue weighted by atomic mass is 35.5. The minimum Gasteiger partial charge on any atom is -0.338 e. The Bertz CT molecular complexity index is 1150. The average molecular weight is 457 g/mol. The molecule has 7 heteroatoms. The van der Waals surface area contributed by atoms with Gasteiger partial charge in [0.2, 0.25) is 0 Å². The zero-order valence-corrected chi connectivity index (χ0v) is 19.0. The molecule has 1 amide bonds. The lowest BCUT2D eigenvalue weighted by atomic mass is 9.94. The van der Waals surface area contributed by atoms with Crippen molar-refractivity contribution in [1.82, 2.24) is 4.90 Å². The zero-order chi connectivity index (χ0) is 22.2. The van der Waals surface area contributed by atoms with E-state index >= 15 is 0 Å². The molecule has 0 spiro atoms. The van der Waals surface area contributed by atoms with Crippen LogP contribution in [0.25, 0.3) is 5.57 Å². The SMILES string of the molecule is C=CCN1c2ccc(Cl)cc2C(c2ccccc2)=C(C(=O)N2CCC(C)CC2)S1(=O)=O. The summed E-state index contributed by atoms with van der Waals surface area (Å²) in [4.78, 5) is 15.2. The first-order valence-corrected chi connectivity index (χ1v) is 12.2. The summed E-state index contributed by atoms with van der Waals surface area (Å²) in [6.45, 7) is 7.02. The Kier molecular flexibility index (Phi) is 5.95. The van der Waals surface area contributed by atoms with Crippen molar-refractivity contribution in [3.05, 3.63) is 82.2 Å². The second-order valence-electron chi connectivity index (χ2n) is 8.03. The Hall–Kier alpha value is -2.57. The van der Waals surface area contributed by atoms with Crippen molar-refractivity contribution in [2.45, 2.75) is 19.8 Å². The molecule has 1 fully saturated rings. The van der Waals surface area contributed by atoms with Crippen LogP contribution in [0.1, 0.15) is 30.9 Å². The van der Waals surface area contributed by atoms with Gasteiger partial charge in [-0.25, -0.2) is 8.42 Å². The predicted octanol–water partition coefficient (Wildman–Crippen LogP) is 4.69. The number of carbonyl (C=O) groups excluding carboxylic acids is 1. The van der Waals surface area contributed by atoms with Gasteiger partial charge < -0.3 is 4.90 Å². The average Bonchev–Trinajstić information content (AvgIpc) is 2.76. The maximum absolute atomic E-state index is 13.8. The zero-order valence-electron chi connectivity index (χ0n) is 17.4. The summed E-state index contributed by atoms with van der Waals surface area (Å²) in [6, 6.07) is 14.3. The number of hydrogen-bond acceptors (Lipinski definition) is 3. The molecule has 2 aliphatic heterocycles. The Labute approximate surface area is 188 Å². The van der Waals surface area contributed by atoms with Crippen LogP contribution in [-0.2, 0) is 14.8 Å². The summed E-state index contributed by atoms with van der Waals surface area (Å²) in [6.07, 6.45) is 3.24. The number of fused-ring (bicyclic) bond motifs is 1. The van der Waals surface area contributed by atoms with E-state index in [0.29, 0.717) is 46.4 Å². The van der Waals surface area contributed by atoms with Crippen molar-refractivity contribution in [2.75, 3.05) is 23.9 Å². The molecule has 2 aromatic rings. The van der Waals surface area contributed by atoms with Gasteiger partial charge in [0, 0.05) is 29.2 Å². The molecule has 0 aromatic heterocycles. The van der Waals surface area contributed by atoms with Crippen LogP contribution >= 0.6 is 11.6 Å². The van der Waals surface area contributed by atoms with Crippen molar-refractivity contribution >= 4 is 38.8 Å². The van der Waals surface area contributed by atoms with E-state index in [-0.39, 0.29) is 11.4 Å². The molecule has 0 saturated carbocycles. The first-order chi connectivity index (χ1) is 14.8. The summed E-state index contributed by atoms with van der Waals surface area (Å²) in [5.74, 6) is 0.0665. The monoisotopic (exact) mass is 456 g/mol. The second-order valence-corrected chi connectivity index (χ2v) is 10.3. The smallest absolute Gasteiger partial charge is 0.270 e. The van der Waals surface area contributed by atoms with Crippen molar-refractivity contribution in [1.29, 1.82) is 0 Å². The quantitative estimate of drug-likeness (QED) is 0.627. The van der Waals surface area contributed by atoms with Gasteiger partial charge in [0.25, 0.3) is 15.9 Å². The van der Waals surface area contributed by atoms with Gasteiger partial charge in [0.15, 0.2) is 4.91 Å². The van der Waals surface area contributed by atoms with E-state index in [9.17, 15) is 13.2 Å². The van der Waals surface area contributed by atoms with Gasteiger partial charge in [-0.1, -0.05) is 54.9 Å². The molecule has 0 aliphatic carbocycles. The predicted molar refractivity (Wildman–Crippen MR) is 125 cm³/mol. The minimum absolute atomic E-state index is 0.0624. The third kappa shape index (κ3) is 3.90. The highest BCUT2D eigenvalue weighted by Crippen LogP contribution is 2.44. The lowest BCUT2D eigenvalue weighted by Crippen LogP contribution is -2.45. The Balaban J connectivity index is 2.01. The Morgan fingerprint density at radius 1 is 1.16 bits per heavy atom. The highest BCUT2D eigenvalue weighted by Gasteiger charge is 2.42. The van der Waals surface area contributed by atoms with E-state index < -0.39 is 15.9 Å². The van der Waals surface area contributed by atoms with E-state index in [1.165, 1.54) is 10.4 Å². The summed E-state index contributed by atoms with van der Waals surface area (Å²) >= 11 is 6.31. The number of carbonyl (C=O) groups is 1. The number of amides is 1. The van der Waals surface area contributed by atoms with Crippen LogP contribution in [0, 0.1) is 5.92 Å². The first-order valence-electron chi connectivity index (χ1n) is 10.4. The van der Waals surface area contributed by atoms with Gasteiger partial charge in [-0.2, -0.15) is 0 Å². The molecule has 0 radical (unpaired) electrons. The number of benzene rings is 2. The largest absolute Gasteiger partial charge is 0.338 e. The van der Waals surface area contributed by atoms with E-state index in [1.807, 2.05) is 30.3 Å². The number of piperidine rings is 1. The van der Waals surface area contributed by atoms with Gasteiger partial charge in [-0.15, -0.1) is 6.58 Å². The molecule has 1 saturated heterocycles. The van der Waals surface area contributed by atoms with Gasteiger partial charge in [0.1, 0.15) is 0 Å². The van der Waals surface area contributed by atoms with Crippen LogP contribution < -0.4 is 4.31 Å². The molecule has 2 aliphatic rings. The number of rotatable bonds is 4. The lowest BCUT2D eigenvalue weighted by molar-refractivity contribution is -0.127. The van der Waals surface area contributed by atoms with Crippen molar-refractivity contribution < 1.29 is 13.2 Å². The van der Waals surface area contributed by atoms with Gasteiger partial charge in [-0.05, 0) is 42.5 Å².